The van der Waals surface area contributed by atoms with E-state index in [0.717, 1.165) is 37.1 Å². The Morgan fingerprint density at radius 3 is 2.84 bits per heavy atom. The van der Waals surface area contributed by atoms with Crippen molar-refractivity contribution >= 4 is 0 Å². The lowest BCUT2D eigenvalue weighted by molar-refractivity contribution is 0.354. The highest BCUT2D eigenvalue weighted by molar-refractivity contribution is 5.56. The van der Waals surface area contributed by atoms with E-state index in [2.05, 4.69) is 29.3 Å². The van der Waals surface area contributed by atoms with Crippen molar-refractivity contribution in [3.05, 3.63) is 24.0 Å². The zero-order chi connectivity index (χ0) is 13.7. The van der Waals surface area contributed by atoms with Crippen LogP contribution in [0.15, 0.2) is 21.3 Å². The predicted octanol–water partition coefficient (Wildman–Crippen LogP) is 2.96. The molecule has 0 aliphatic heterocycles. The molecule has 2 heterocycles. The number of furan rings is 1. The summed E-state index contributed by atoms with van der Waals surface area (Å²) in [7, 11) is 0. The minimum atomic E-state index is 0.388. The molecular weight excluding hydrogens is 242 g/mol. The summed E-state index contributed by atoms with van der Waals surface area (Å²) < 4.78 is 10.6. The fraction of sp³-hybridized carbons (Fsp3) is 0.571. The van der Waals surface area contributed by atoms with Gasteiger partial charge < -0.3 is 14.3 Å². The summed E-state index contributed by atoms with van der Waals surface area (Å²) in [6.07, 6.45) is 4.57. The molecule has 1 N–H and O–H groups in total. The van der Waals surface area contributed by atoms with Gasteiger partial charge in [-0.15, -0.1) is 0 Å². The molecule has 0 fully saturated rings. The molecule has 2 aromatic rings. The van der Waals surface area contributed by atoms with Crippen molar-refractivity contribution < 1.29 is 8.94 Å². The van der Waals surface area contributed by atoms with E-state index in [4.69, 9.17) is 8.94 Å². The van der Waals surface area contributed by atoms with Crippen LogP contribution in [0.2, 0.25) is 0 Å². The Labute approximate surface area is 113 Å². The van der Waals surface area contributed by atoms with E-state index in [1.165, 1.54) is 0 Å². The van der Waals surface area contributed by atoms with Crippen LogP contribution in [0.3, 0.4) is 0 Å². The molecule has 0 radical (unpaired) electrons. The average molecular weight is 263 g/mol. The molecule has 2 rings (SSSR count). The molecule has 0 amide bonds. The van der Waals surface area contributed by atoms with Crippen LogP contribution in [0.5, 0.6) is 0 Å². The Morgan fingerprint density at radius 2 is 2.21 bits per heavy atom. The average Bonchev–Trinajstić information content (AvgIpc) is 3.03. The van der Waals surface area contributed by atoms with Crippen LogP contribution in [-0.2, 0) is 6.42 Å². The third kappa shape index (κ3) is 3.44. The Hall–Kier alpha value is -1.62. The zero-order valence-electron chi connectivity index (χ0n) is 11.8. The Bertz CT molecular complexity index is 504. The molecule has 0 spiro atoms. The number of hydrogen-bond acceptors (Lipinski definition) is 5. The van der Waals surface area contributed by atoms with Gasteiger partial charge in [-0.1, -0.05) is 19.0 Å². The second-order valence-corrected chi connectivity index (χ2v) is 4.67. The minimum Gasteiger partial charge on any atom is -0.469 e. The van der Waals surface area contributed by atoms with Crippen molar-refractivity contribution in [2.75, 3.05) is 6.54 Å². The molecule has 0 saturated heterocycles. The number of nitrogens with zero attached hydrogens (tertiary/aromatic N) is 2. The van der Waals surface area contributed by atoms with E-state index in [0.29, 0.717) is 17.8 Å². The van der Waals surface area contributed by atoms with Gasteiger partial charge in [0.25, 0.3) is 0 Å². The summed E-state index contributed by atoms with van der Waals surface area (Å²) in [5, 5.41) is 7.49. The fourth-order valence-electron chi connectivity index (χ4n) is 1.98. The van der Waals surface area contributed by atoms with Gasteiger partial charge >= 0.3 is 0 Å². The van der Waals surface area contributed by atoms with Gasteiger partial charge in [-0.25, -0.2) is 0 Å². The van der Waals surface area contributed by atoms with Crippen LogP contribution in [0.4, 0.5) is 0 Å². The first-order valence-electron chi connectivity index (χ1n) is 6.85. The van der Waals surface area contributed by atoms with E-state index in [-0.39, 0.29) is 0 Å². The third-order valence-electron chi connectivity index (χ3n) is 3.16. The normalized spacial score (nSPS) is 12.8. The molecule has 0 aromatic carbocycles. The molecule has 19 heavy (non-hydrogen) atoms. The van der Waals surface area contributed by atoms with Gasteiger partial charge in [-0.2, -0.15) is 4.98 Å². The van der Waals surface area contributed by atoms with Crippen LogP contribution < -0.4 is 5.32 Å². The SMILES string of the molecule is CCCNC(CC)Cc1nc(-c2ccoc2C)no1. The molecule has 0 bridgehead atoms. The van der Waals surface area contributed by atoms with Crippen LogP contribution in [0.25, 0.3) is 11.4 Å². The van der Waals surface area contributed by atoms with Gasteiger partial charge in [-0.3, -0.25) is 0 Å². The van der Waals surface area contributed by atoms with Gasteiger partial charge in [0, 0.05) is 12.5 Å². The number of hydrogen-bond donors (Lipinski definition) is 1. The molecule has 5 nitrogen and oxygen atoms in total. The first-order valence-corrected chi connectivity index (χ1v) is 6.85. The van der Waals surface area contributed by atoms with E-state index >= 15 is 0 Å². The molecule has 1 atom stereocenters. The highest BCUT2D eigenvalue weighted by atomic mass is 16.5. The van der Waals surface area contributed by atoms with E-state index < -0.39 is 0 Å². The van der Waals surface area contributed by atoms with Gasteiger partial charge in [0.05, 0.1) is 11.8 Å². The van der Waals surface area contributed by atoms with Crippen LogP contribution >= 0.6 is 0 Å². The number of rotatable bonds is 7. The summed E-state index contributed by atoms with van der Waals surface area (Å²) >= 11 is 0. The zero-order valence-corrected chi connectivity index (χ0v) is 11.8. The maximum atomic E-state index is 5.31. The Balaban J connectivity index is 2.03. The lowest BCUT2D eigenvalue weighted by atomic mass is 10.1. The van der Waals surface area contributed by atoms with Gasteiger partial charge in [-0.05, 0) is 32.4 Å². The molecule has 104 valence electrons. The van der Waals surface area contributed by atoms with E-state index in [1.807, 2.05) is 13.0 Å². The van der Waals surface area contributed by atoms with Crippen molar-refractivity contribution in [2.24, 2.45) is 0 Å². The highest BCUT2D eigenvalue weighted by Gasteiger charge is 2.15. The first kappa shape index (κ1) is 13.8. The molecule has 0 aliphatic carbocycles. The summed E-state index contributed by atoms with van der Waals surface area (Å²) in [5.74, 6) is 2.08. The third-order valence-corrected chi connectivity index (χ3v) is 3.16. The smallest absolute Gasteiger partial charge is 0.228 e. The monoisotopic (exact) mass is 263 g/mol. The van der Waals surface area contributed by atoms with E-state index in [9.17, 15) is 0 Å². The summed E-state index contributed by atoms with van der Waals surface area (Å²) in [6.45, 7) is 7.22. The van der Waals surface area contributed by atoms with Crippen molar-refractivity contribution in [3.63, 3.8) is 0 Å². The quantitative estimate of drug-likeness (QED) is 0.832. The Morgan fingerprint density at radius 1 is 1.37 bits per heavy atom. The largest absolute Gasteiger partial charge is 0.469 e. The predicted molar refractivity (Wildman–Crippen MR) is 72.8 cm³/mol. The maximum Gasteiger partial charge on any atom is 0.228 e. The standard InChI is InChI=1S/C14H21N3O2/c1-4-7-15-11(5-2)9-13-16-14(17-19-13)12-6-8-18-10(12)3/h6,8,11,15H,4-5,7,9H2,1-3H3. The van der Waals surface area contributed by atoms with Crippen molar-refractivity contribution in [2.45, 2.75) is 46.1 Å². The molecule has 0 aliphatic rings. The topological polar surface area (TPSA) is 64.1 Å². The fourth-order valence-corrected chi connectivity index (χ4v) is 1.98. The van der Waals surface area contributed by atoms with Crippen molar-refractivity contribution in [1.29, 1.82) is 0 Å². The van der Waals surface area contributed by atoms with Crippen LogP contribution in [0, 0.1) is 6.92 Å². The summed E-state index contributed by atoms with van der Waals surface area (Å²) in [5.41, 5.74) is 0.893. The molecule has 1 unspecified atom stereocenters. The number of nitrogens with one attached hydrogen (secondary N) is 1. The molecule has 5 heteroatoms. The number of aryl methyl sites for hydroxylation is 1. The highest BCUT2D eigenvalue weighted by Crippen LogP contribution is 2.21. The number of aromatic nitrogens is 2. The van der Waals surface area contributed by atoms with E-state index in [1.54, 1.807) is 6.26 Å². The second kappa shape index (κ2) is 6.52. The van der Waals surface area contributed by atoms with Crippen molar-refractivity contribution in [1.82, 2.24) is 15.5 Å². The first-order chi connectivity index (χ1) is 9.24. The lowest BCUT2D eigenvalue weighted by Gasteiger charge is -2.13. The molecule has 0 saturated carbocycles. The van der Waals surface area contributed by atoms with Gasteiger partial charge in [0.15, 0.2) is 0 Å². The second-order valence-electron chi connectivity index (χ2n) is 4.67. The minimum absolute atomic E-state index is 0.388. The lowest BCUT2D eigenvalue weighted by Crippen LogP contribution is -2.31. The van der Waals surface area contributed by atoms with Gasteiger partial charge in [0.2, 0.25) is 11.7 Å². The summed E-state index contributed by atoms with van der Waals surface area (Å²) in [6, 6.07) is 2.25. The Kier molecular flexibility index (Phi) is 4.74. The maximum absolute atomic E-state index is 5.31. The molecule has 2 aromatic heterocycles. The van der Waals surface area contributed by atoms with Crippen LogP contribution in [0.1, 0.15) is 38.3 Å². The van der Waals surface area contributed by atoms with Crippen LogP contribution in [-0.4, -0.2) is 22.7 Å². The van der Waals surface area contributed by atoms with Gasteiger partial charge in [0.1, 0.15) is 5.76 Å². The van der Waals surface area contributed by atoms with Crippen molar-refractivity contribution in [3.8, 4) is 11.4 Å². The molecular formula is C14H21N3O2. The summed E-state index contributed by atoms with van der Waals surface area (Å²) in [4.78, 5) is 4.43.